The molecule has 0 bridgehead atoms. The van der Waals surface area contributed by atoms with Gasteiger partial charge in [-0.15, -0.1) is 6.58 Å². The van der Waals surface area contributed by atoms with Gasteiger partial charge in [-0.2, -0.15) is 4.98 Å². The number of anilines is 1. The molecule has 1 N–H and O–H groups in total. The molecule has 30 heavy (non-hydrogen) atoms. The Morgan fingerprint density at radius 3 is 2.60 bits per heavy atom. The second kappa shape index (κ2) is 9.10. The van der Waals surface area contributed by atoms with Crippen molar-refractivity contribution in [3.63, 3.8) is 0 Å². The Hall–Kier alpha value is -3.17. The minimum absolute atomic E-state index is 0.0829. The lowest BCUT2D eigenvalue weighted by Crippen LogP contribution is -2.38. The highest BCUT2D eigenvalue weighted by atomic mass is 16.5. The fourth-order valence-corrected chi connectivity index (χ4v) is 3.38. The molecule has 9 heteroatoms. The number of hydrogen-bond donors (Lipinski definition) is 1. The highest BCUT2D eigenvalue weighted by molar-refractivity contribution is 5.74. The van der Waals surface area contributed by atoms with Crippen molar-refractivity contribution in [3.8, 4) is 0 Å². The van der Waals surface area contributed by atoms with Crippen LogP contribution in [0, 0.1) is 0 Å². The summed E-state index contributed by atoms with van der Waals surface area (Å²) in [5, 5.41) is 10.5. The van der Waals surface area contributed by atoms with E-state index in [0.29, 0.717) is 19.1 Å². The van der Waals surface area contributed by atoms with Gasteiger partial charge >= 0.3 is 5.69 Å². The second-order valence-electron chi connectivity index (χ2n) is 7.22. The molecule has 3 rings (SSSR count). The average Bonchev–Trinajstić information content (AvgIpc) is 3.11. The van der Waals surface area contributed by atoms with Gasteiger partial charge in [0.2, 0.25) is 5.95 Å². The lowest BCUT2D eigenvalue weighted by Gasteiger charge is -2.21. The third-order valence-corrected chi connectivity index (χ3v) is 4.87. The van der Waals surface area contributed by atoms with Gasteiger partial charge in [0.1, 0.15) is 0 Å². The summed E-state index contributed by atoms with van der Waals surface area (Å²) in [4.78, 5) is 31.7. The maximum atomic E-state index is 12.9. The van der Waals surface area contributed by atoms with Gasteiger partial charge in [0.15, 0.2) is 11.2 Å². The van der Waals surface area contributed by atoms with E-state index in [9.17, 15) is 14.7 Å². The topological polar surface area (TPSA) is 94.5 Å². The minimum atomic E-state index is -0.867. The van der Waals surface area contributed by atoms with Crippen LogP contribution in [0.2, 0.25) is 0 Å². The van der Waals surface area contributed by atoms with Gasteiger partial charge in [0, 0.05) is 27.7 Å². The van der Waals surface area contributed by atoms with Crippen molar-refractivity contribution in [1.82, 2.24) is 18.7 Å². The Balaban J connectivity index is 2.09. The number of fused-ring (bicyclic) bond motifs is 1. The summed E-state index contributed by atoms with van der Waals surface area (Å²) >= 11 is 0. The van der Waals surface area contributed by atoms with E-state index in [1.807, 2.05) is 42.3 Å². The maximum absolute atomic E-state index is 12.9. The van der Waals surface area contributed by atoms with Gasteiger partial charge < -0.3 is 19.3 Å². The van der Waals surface area contributed by atoms with Crippen LogP contribution in [0.25, 0.3) is 11.2 Å². The third kappa shape index (κ3) is 4.22. The van der Waals surface area contributed by atoms with E-state index in [1.165, 1.54) is 11.6 Å². The van der Waals surface area contributed by atoms with Gasteiger partial charge in [-0.1, -0.05) is 36.4 Å². The molecule has 0 amide bonds. The number of aryl methyl sites for hydroxylation is 1. The van der Waals surface area contributed by atoms with E-state index in [-0.39, 0.29) is 24.3 Å². The molecule has 2 aromatic heterocycles. The molecule has 0 aliphatic rings. The van der Waals surface area contributed by atoms with Crippen molar-refractivity contribution < 1.29 is 9.84 Å². The number of imidazole rings is 1. The van der Waals surface area contributed by atoms with E-state index in [1.54, 1.807) is 17.7 Å². The first kappa shape index (κ1) is 21.5. The van der Waals surface area contributed by atoms with Crippen molar-refractivity contribution in [2.24, 2.45) is 14.1 Å². The lowest BCUT2D eigenvalue weighted by atomic mass is 10.2. The molecule has 9 nitrogen and oxygen atoms in total. The lowest BCUT2D eigenvalue weighted by molar-refractivity contribution is 0.0404. The second-order valence-corrected chi connectivity index (χ2v) is 7.22. The first-order valence-corrected chi connectivity index (χ1v) is 9.63. The van der Waals surface area contributed by atoms with Crippen LogP contribution >= 0.6 is 0 Å². The fraction of sp³-hybridized carbons (Fsp3) is 0.381. The van der Waals surface area contributed by atoms with Crippen molar-refractivity contribution in [2.75, 3.05) is 25.2 Å². The van der Waals surface area contributed by atoms with Crippen molar-refractivity contribution in [3.05, 3.63) is 69.4 Å². The van der Waals surface area contributed by atoms with Crippen LogP contribution in [-0.4, -0.2) is 50.2 Å². The number of aromatic nitrogens is 4. The van der Waals surface area contributed by atoms with E-state index >= 15 is 0 Å². The van der Waals surface area contributed by atoms with Gasteiger partial charge in [0.05, 0.1) is 25.9 Å². The number of ether oxygens (including phenoxy) is 1. The minimum Gasteiger partial charge on any atom is -0.389 e. The predicted octanol–water partition coefficient (Wildman–Crippen LogP) is 0.634. The van der Waals surface area contributed by atoms with Crippen LogP contribution in [0.3, 0.4) is 0 Å². The quantitative estimate of drug-likeness (QED) is 0.409. The van der Waals surface area contributed by atoms with Gasteiger partial charge in [-0.25, -0.2) is 4.79 Å². The van der Waals surface area contributed by atoms with Gasteiger partial charge in [-0.05, 0) is 5.56 Å². The van der Waals surface area contributed by atoms with Crippen LogP contribution < -0.4 is 16.1 Å². The first-order valence-electron chi connectivity index (χ1n) is 9.63. The molecular weight excluding hydrogens is 386 g/mol. The van der Waals surface area contributed by atoms with Gasteiger partial charge in [-0.3, -0.25) is 13.9 Å². The predicted molar refractivity (Wildman–Crippen MR) is 116 cm³/mol. The summed E-state index contributed by atoms with van der Waals surface area (Å²) in [7, 11) is 4.86. The normalized spacial score (nSPS) is 12.3. The Labute approximate surface area is 174 Å². The summed E-state index contributed by atoms with van der Waals surface area (Å²) in [6.07, 6.45) is 0.734. The summed E-state index contributed by atoms with van der Waals surface area (Å²) in [5.74, 6) is 0.481. The number of aliphatic hydroxyl groups is 1. The summed E-state index contributed by atoms with van der Waals surface area (Å²) in [6.45, 7) is 4.62. The molecule has 0 saturated carbocycles. The molecule has 0 unspecified atom stereocenters. The first-order chi connectivity index (χ1) is 14.3. The summed E-state index contributed by atoms with van der Waals surface area (Å²) in [6, 6.07) is 9.84. The molecule has 2 heterocycles. The van der Waals surface area contributed by atoms with Crippen LogP contribution in [0.5, 0.6) is 0 Å². The molecule has 1 atom stereocenters. The Kier molecular flexibility index (Phi) is 6.53. The molecule has 0 aliphatic heterocycles. The van der Waals surface area contributed by atoms with E-state index < -0.39 is 17.4 Å². The Morgan fingerprint density at radius 2 is 1.93 bits per heavy atom. The number of hydrogen-bond acceptors (Lipinski definition) is 6. The van der Waals surface area contributed by atoms with Crippen LogP contribution in [0.1, 0.15) is 5.56 Å². The molecule has 0 aliphatic carbocycles. The van der Waals surface area contributed by atoms with Crippen LogP contribution in [-0.2, 0) is 31.9 Å². The molecule has 160 valence electrons. The molecule has 1 aromatic carbocycles. The standard InChI is InChI=1S/C21H27N5O4/c1-5-11-30-14-16(27)13-26-17-18(24(3)21(29)25(4)19(17)28)22-20(26)23(2)12-15-9-7-6-8-10-15/h5-10,16,27H,1,11-14H2,2-4H3/t16-/m1/s1. The molecule has 0 fully saturated rings. The molecule has 0 radical (unpaired) electrons. The smallest absolute Gasteiger partial charge is 0.332 e. The molecular formula is C21H27N5O4. The number of benzene rings is 1. The molecule has 3 aromatic rings. The largest absolute Gasteiger partial charge is 0.389 e. The Morgan fingerprint density at radius 1 is 1.23 bits per heavy atom. The van der Waals surface area contributed by atoms with Crippen molar-refractivity contribution in [2.45, 2.75) is 19.2 Å². The summed E-state index contributed by atoms with van der Waals surface area (Å²) < 4.78 is 9.38. The van der Waals surface area contributed by atoms with E-state index in [2.05, 4.69) is 11.6 Å². The zero-order valence-corrected chi connectivity index (χ0v) is 17.5. The fourth-order valence-electron chi connectivity index (χ4n) is 3.38. The molecule has 0 spiro atoms. The van der Waals surface area contributed by atoms with E-state index in [0.717, 1.165) is 10.1 Å². The highest BCUT2D eigenvalue weighted by Gasteiger charge is 2.23. The monoisotopic (exact) mass is 413 g/mol. The highest BCUT2D eigenvalue weighted by Crippen LogP contribution is 2.21. The van der Waals surface area contributed by atoms with Crippen LogP contribution in [0.4, 0.5) is 5.95 Å². The zero-order chi connectivity index (χ0) is 21.8. The van der Waals surface area contributed by atoms with Gasteiger partial charge in [0.25, 0.3) is 5.56 Å². The molecule has 0 saturated heterocycles. The SMILES string of the molecule is C=CCOC[C@H](O)Cn1c(N(C)Cc2ccccc2)nc2c1c(=O)n(C)c(=O)n2C. The van der Waals surface area contributed by atoms with Crippen molar-refractivity contribution in [1.29, 1.82) is 0 Å². The number of rotatable bonds is 9. The maximum Gasteiger partial charge on any atom is 0.332 e. The summed E-state index contributed by atoms with van der Waals surface area (Å²) in [5.41, 5.74) is 0.688. The Bertz CT molecular complexity index is 1150. The number of aliphatic hydroxyl groups excluding tert-OH is 1. The zero-order valence-electron chi connectivity index (χ0n) is 17.5. The number of nitrogens with zero attached hydrogens (tertiary/aromatic N) is 5. The van der Waals surface area contributed by atoms with Crippen LogP contribution in [0.15, 0.2) is 52.6 Å². The van der Waals surface area contributed by atoms with Crippen molar-refractivity contribution >= 4 is 17.1 Å². The average molecular weight is 413 g/mol. The van der Waals surface area contributed by atoms with E-state index in [4.69, 9.17) is 4.74 Å². The third-order valence-electron chi connectivity index (χ3n) is 4.87.